The Kier molecular flexibility index (Phi) is 6.32. The molecule has 0 atom stereocenters. The molecule has 2 amide bonds. The van der Waals surface area contributed by atoms with Crippen LogP contribution in [0.5, 0.6) is 0 Å². The number of carbonyl (C=O) groups is 2. The van der Waals surface area contributed by atoms with Crippen LogP contribution in [0, 0.1) is 5.82 Å². The molecule has 0 radical (unpaired) electrons. The Hall–Kier alpha value is -2.40. The van der Waals surface area contributed by atoms with Gasteiger partial charge in [0.25, 0.3) is 0 Å². The van der Waals surface area contributed by atoms with Crippen molar-refractivity contribution in [2.45, 2.75) is 13.3 Å². The molecule has 0 bridgehead atoms. The number of nitrogens with zero attached hydrogens (tertiary/aromatic N) is 1. The zero-order chi connectivity index (χ0) is 17.5. The smallest absolute Gasteiger partial charge is 0.243 e. The van der Waals surface area contributed by atoms with Crippen molar-refractivity contribution in [2.75, 3.05) is 18.4 Å². The van der Waals surface area contributed by atoms with Crippen LogP contribution in [0.3, 0.4) is 0 Å². The molecule has 4 nitrogen and oxygen atoms in total. The van der Waals surface area contributed by atoms with Crippen molar-refractivity contribution < 1.29 is 14.0 Å². The summed E-state index contributed by atoms with van der Waals surface area (Å²) in [5.41, 5.74) is 1.52. The third-order valence-electron chi connectivity index (χ3n) is 3.49. The van der Waals surface area contributed by atoms with E-state index in [2.05, 4.69) is 5.32 Å². The Labute approximate surface area is 145 Å². The van der Waals surface area contributed by atoms with E-state index in [9.17, 15) is 14.0 Å². The summed E-state index contributed by atoms with van der Waals surface area (Å²) >= 11 is 5.84. The van der Waals surface area contributed by atoms with Crippen molar-refractivity contribution in [3.05, 3.63) is 64.9 Å². The lowest BCUT2D eigenvalue weighted by Gasteiger charge is -2.20. The number of nitrogens with one attached hydrogen (secondary N) is 1. The van der Waals surface area contributed by atoms with Gasteiger partial charge in [0.1, 0.15) is 5.82 Å². The highest BCUT2D eigenvalue weighted by atomic mass is 35.5. The van der Waals surface area contributed by atoms with E-state index in [-0.39, 0.29) is 24.2 Å². The van der Waals surface area contributed by atoms with Crippen LogP contribution in [0.25, 0.3) is 0 Å². The molecule has 0 aliphatic heterocycles. The molecule has 0 saturated carbocycles. The number of benzene rings is 2. The highest BCUT2D eigenvalue weighted by molar-refractivity contribution is 6.30. The van der Waals surface area contributed by atoms with Gasteiger partial charge in [-0.05, 0) is 48.4 Å². The van der Waals surface area contributed by atoms with E-state index in [1.807, 2.05) is 12.1 Å². The Morgan fingerprint density at radius 3 is 2.29 bits per heavy atom. The Bertz CT molecular complexity index is 702. The zero-order valence-electron chi connectivity index (χ0n) is 13.3. The lowest BCUT2D eigenvalue weighted by Crippen LogP contribution is -2.38. The first-order valence-corrected chi connectivity index (χ1v) is 7.87. The van der Waals surface area contributed by atoms with Crippen LogP contribution >= 0.6 is 11.6 Å². The van der Waals surface area contributed by atoms with Gasteiger partial charge in [0.2, 0.25) is 11.8 Å². The van der Waals surface area contributed by atoms with Crippen LogP contribution < -0.4 is 5.32 Å². The molecule has 0 aliphatic carbocycles. The fourth-order valence-electron chi connectivity index (χ4n) is 2.17. The molecule has 2 aromatic rings. The second-order valence-electron chi connectivity index (χ2n) is 5.37. The van der Waals surface area contributed by atoms with Crippen molar-refractivity contribution in [1.29, 1.82) is 0 Å². The summed E-state index contributed by atoms with van der Waals surface area (Å²) in [7, 11) is 0. The predicted octanol–water partition coefficient (Wildman–Crippen LogP) is 3.51. The lowest BCUT2D eigenvalue weighted by molar-refractivity contribution is -0.132. The highest BCUT2D eigenvalue weighted by Crippen LogP contribution is 2.11. The van der Waals surface area contributed by atoms with E-state index in [0.29, 0.717) is 23.7 Å². The van der Waals surface area contributed by atoms with Gasteiger partial charge in [-0.3, -0.25) is 9.59 Å². The van der Waals surface area contributed by atoms with Crippen molar-refractivity contribution in [2.24, 2.45) is 0 Å². The van der Waals surface area contributed by atoms with Crippen molar-refractivity contribution in [3.8, 4) is 0 Å². The number of anilines is 1. The molecule has 0 fully saturated rings. The quantitative estimate of drug-likeness (QED) is 0.868. The average molecular weight is 349 g/mol. The summed E-state index contributed by atoms with van der Waals surface area (Å²) in [6.45, 7) is 1.79. The minimum Gasteiger partial charge on any atom is -0.333 e. The molecule has 2 rings (SSSR count). The van der Waals surface area contributed by atoms with Crippen LogP contribution in [-0.4, -0.2) is 29.8 Å². The number of rotatable bonds is 6. The Morgan fingerprint density at radius 2 is 1.71 bits per heavy atom. The van der Waals surface area contributed by atoms with Crippen molar-refractivity contribution >= 4 is 29.1 Å². The third kappa shape index (κ3) is 5.66. The van der Waals surface area contributed by atoms with Crippen LogP contribution in [0.1, 0.15) is 12.5 Å². The molecule has 0 saturated heterocycles. The normalized spacial score (nSPS) is 10.3. The van der Waals surface area contributed by atoms with Gasteiger partial charge in [0.05, 0.1) is 6.54 Å². The molecule has 126 valence electrons. The number of amides is 2. The number of halogens is 2. The molecular formula is C18H18ClFN2O2. The summed E-state index contributed by atoms with van der Waals surface area (Å²) in [6, 6.07) is 12.8. The summed E-state index contributed by atoms with van der Waals surface area (Å²) in [5, 5.41) is 3.30. The average Bonchev–Trinajstić information content (AvgIpc) is 2.55. The van der Waals surface area contributed by atoms with E-state index in [1.54, 1.807) is 12.1 Å². The predicted molar refractivity (Wildman–Crippen MR) is 92.4 cm³/mol. The van der Waals surface area contributed by atoms with Gasteiger partial charge in [0, 0.05) is 24.2 Å². The zero-order valence-corrected chi connectivity index (χ0v) is 14.0. The SMILES string of the molecule is CC(=O)N(CCc1ccc(Cl)cc1)CC(=O)Nc1ccc(F)cc1. The maximum atomic E-state index is 12.9. The van der Waals surface area contributed by atoms with Crippen LogP contribution in [-0.2, 0) is 16.0 Å². The second kappa shape index (κ2) is 8.45. The first-order valence-electron chi connectivity index (χ1n) is 7.49. The Morgan fingerprint density at radius 1 is 1.08 bits per heavy atom. The van der Waals surface area contributed by atoms with Crippen LogP contribution in [0.4, 0.5) is 10.1 Å². The molecule has 24 heavy (non-hydrogen) atoms. The largest absolute Gasteiger partial charge is 0.333 e. The van der Waals surface area contributed by atoms with E-state index < -0.39 is 0 Å². The first-order chi connectivity index (χ1) is 11.4. The summed E-state index contributed by atoms with van der Waals surface area (Å²) in [5.74, 6) is -0.882. The molecule has 0 unspecified atom stereocenters. The van der Waals surface area contributed by atoms with Crippen LogP contribution in [0.2, 0.25) is 5.02 Å². The number of hydrogen-bond acceptors (Lipinski definition) is 2. The van der Waals surface area contributed by atoms with E-state index >= 15 is 0 Å². The first kappa shape index (κ1) is 17.9. The molecule has 0 spiro atoms. The highest BCUT2D eigenvalue weighted by Gasteiger charge is 2.14. The maximum absolute atomic E-state index is 12.9. The van der Waals surface area contributed by atoms with Gasteiger partial charge in [0.15, 0.2) is 0 Å². The number of carbonyl (C=O) groups excluding carboxylic acids is 2. The van der Waals surface area contributed by atoms with E-state index in [4.69, 9.17) is 11.6 Å². The minimum atomic E-state index is -0.374. The fourth-order valence-corrected chi connectivity index (χ4v) is 2.30. The van der Waals surface area contributed by atoms with Gasteiger partial charge in [-0.2, -0.15) is 0 Å². The summed E-state index contributed by atoms with van der Waals surface area (Å²) in [4.78, 5) is 25.2. The molecule has 6 heteroatoms. The topological polar surface area (TPSA) is 49.4 Å². The van der Waals surface area contributed by atoms with Gasteiger partial charge in [-0.1, -0.05) is 23.7 Å². The Balaban J connectivity index is 1.90. The molecule has 2 aromatic carbocycles. The molecular weight excluding hydrogens is 331 g/mol. The van der Waals surface area contributed by atoms with Gasteiger partial charge < -0.3 is 10.2 Å². The summed E-state index contributed by atoms with van der Waals surface area (Å²) in [6.07, 6.45) is 0.626. The van der Waals surface area contributed by atoms with E-state index in [1.165, 1.54) is 36.1 Å². The maximum Gasteiger partial charge on any atom is 0.243 e. The van der Waals surface area contributed by atoms with E-state index in [0.717, 1.165) is 5.56 Å². The van der Waals surface area contributed by atoms with Gasteiger partial charge in [-0.25, -0.2) is 4.39 Å². The number of hydrogen-bond donors (Lipinski definition) is 1. The van der Waals surface area contributed by atoms with Gasteiger partial charge >= 0.3 is 0 Å². The summed E-state index contributed by atoms with van der Waals surface area (Å²) < 4.78 is 12.9. The lowest BCUT2D eigenvalue weighted by atomic mass is 10.1. The van der Waals surface area contributed by atoms with Crippen LogP contribution in [0.15, 0.2) is 48.5 Å². The fraction of sp³-hybridized carbons (Fsp3) is 0.222. The third-order valence-corrected chi connectivity index (χ3v) is 3.74. The second-order valence-corrected chi connectivity index (χ2v) is 5.81. The minimum absolute atomic E-state index is 0.0553. The van der Waals surface area contributed by atoms with Crippen molar-refractivity contribution in [3.63, 3.8) is 0 Å². The van der Waals surface area contributed by atoms with Gasteiger partial charge in [-0.15, -0.1) is 0 Å². The molecule has 1 N–H and O–H groups in total. The molecule has 0 aliphatic rings. The molecule has 0 aromatic heterocycles. The standard InChI is InChI=1S/C18H18ClFN2O2/c1-13(23)22(11-10-14-2-4-15(19)5-3-14)12-18(24)21-17-8-6-16(20)7-9-17/h2-9H,10-12H2,1H3,(H,21,24). The molecule has 0 heterocycles. The monoisotopic (exact) mass is 348 g/mol. The van der Waals surface area contributed by atoms with Crippen molar-refractivity contribution in [1.82, 2.24) is 4.90 Å².